The summed E-state index contributed by atoms with van der Waals surface area (Å²) in [7, 11) is 0. The number of nitrogens with one attached hydrogen (secondary N) is 2. The number of hydrogen-bond donors (Lipinski definition) is 2. The fourth-order valence-electron chi connectivity index (χ4n) is 1.85. The molecule has 0 spiro atoms. The molecule has 0 aliphatic heterocycles. The van der Waals surface area contributed by atoms with Gasteiger partial charge in [-0.1, -0.05) is 5.16 Å². The Kier molecular flexibility index (Phi) is 10.1. The first-order chi connectivity index (χ1) is 11.3. The Labute approximate surface area is 158 Å². The fraction of sp³-hybridized carbons (Fsp3) is 0.533. The molecule has 0 aliphatic carbocycles. The van der Waals surface area contributed by atoms with Crippen molar-refractivity contribution in [2.24, 2.45) is 4.99 Å². The van der Waals surface area contributed by atoms with Gasteiger partial charge in [-0.15, -0.1) is 24.0 Å². The molecule has 134 valence electrons. The monoisotopic (exact) mass is 449 g/mol. The normalized spacial score (nSPS) is 11.2. The Morgan fingerprint density at radius 2 is 2.25 bits per heavy atom. The van der Waals surface area contributed by atoms with E-state index in [9.17, 15) is 0 Å². The summed E-state index contributed by atoms with van der Waals surface area (Å²) in [4.78, 5) is 8.53. The van der Waals surface area contributed by atoms with E-state index in [-0.39, 0.29) is 24.0 Å². The Hall–Kier alpha value is -1.62. The molecular weight excluding hydrogens is 425 g/mol. The largest absolute Gasteiger partial charge is 0.467 e. The molecule has 2 aromatic heterocycles. The molecule has 2 rings (SSSR count). The lowest BCUT2D eigenvalue weighted by atomic mass is 10.4. The molecule has 0 unspecified atom stereocenters. The third-order valence-electron chi connectivity index (χ3n) is 2.87. The molecule has 0 fully saturated rings. The number of rotatable bonds is 9. The maximum atomic E-state index is 5.53. The second-order valence-corrected chi connectivity index (χ2v) is 4.84. The molecule has 0 amide bonds. The quantitative estimate of drug-likeness (QED) is 0.262. The SMILES string of the molecule is CCNC(=NCc1noc(C)n1)NCCCOCc1ccco1.I. The van der Waals surface area contributed by atoms with Crippen LogP contribution in [-0.2, 0) is 17.9 Å². The first-order valence-electron chi connectivity index (χ1n) is 7.69. The van der Waals surface area contributed by atoms with Crippen molar-refractivity contribution in [3.63, 3.8) is 0 Å². The van der Waals surface area contributed by atoms with E-state index in [0.29, 0.717) is 31.5 Å². The van der Waals surface area contributed by atoms with E-state index < -0.39 is 0 Å². The van der Waals surface area contributed by atoms with E-state index in [1.54, 1.807) is 13.2 Å². The second-order valence-electron chi connectivity index (χ2n) is 4.84. The molecule has 2 N–H and O–H groups in total. The summed E-state index contributed by atoms with van der Waals surface area (Å²) in [5.74, 6) is 2.67. The molecule has 0 atom stereocenters. The summed E-state index contributed by atoms with van der Waals surface area (Å²) in [5, 5.41) is 10.2. The lowest BCUT2D eigenvalue weighted by molar-refractivity contribution is 0.105. The van der Waals surface area contributed by atoms with Crippen molar-refractivity contribution in [3.05, 3.63) is 35.9 Å². The minimum absolute atomic E-state index is 0. The Morgan fingerprint density at radius 1 is 1.38 bits per heavy atom. The van der Waals surface area contributed by atoms with Crippen LogP contribution in [0.3, 0.4) is 0 Å². The molecule has 0 aromatic carbocycles. The number of halogens is 1. The maximum absolute atomic E-state index is 5.53. The summed E-state index contributed by atoms with van der Waals surface area (Å²) in [6.07, 6.45) is 2.51. The van der Waals surface area contributed by atoms with Crippen LogP contribution in [0.2, 0.25) is 0 Å². The lowest BCUT2D eigenvalue weighted by Gasteiger charge is -2.10. The Morgan fingerprint density at radius 3 is 2.92 bits per heavy atom. The number of aromatic nitrogens is 2. The van der Waals surface area contributed by atoms with Crippen molar-refractivity contribution >= 4 is 29.9 Å². The van der Waals surface area contributed by atoms with Crippen molar-refractivity contribution in [2.45, 2.75) is 33.4 Å². The highest BCUT2D eigenvalue weighted by molar-refractivity contribution is 14.0. The van der Waals surface area contributed by atoms with Crippen LogP contribution < -0.4 is 10.6 Å². The van der Waals surface area contributed by atoms with Gasteiger partial charge >= 0.3 is 0 Å². The zero-order chi connectivity index (χ0) is 16.3. The van der Waals surface area contributed by atoms with E-state index in [1.165, 1.54) is 0 Å². The van der Waals surface area contributed by atoms with E-state index in [2.05, 4.69) is 25.8 Å². The predicted molar refractivity (Wildman–Crippen MR) is 100 cm³/mol. The molecule has 24 heavy (non-hydrogen) atoms. The van der Waals surface area contributed by atoms with Crippen LogP contribution in [-0.4, -0.2) is 35.8 Å². The average molecular weight is 449 g/mol. The van der Waals surface area contributed by atoms with E-state index in [4.69, 9.17) is 13.7 Å². The van der Waals surface area contributed by atoms with E-state index in [1.807, 2.05) is 19.1 Å². The van der Waals surface area contributed by atoms with Gasteiger partial charge in [0.1, 0.15) is 18.9 Å². The summed E-state index contributed by atoms with van der Waals surface area (Å²) in [6.45, 7) is 6.84. The van der Waals surface area contributed by atoms with Crippen molar-refractivity contribution in [1.29, 1.82) is 0 Å². The first kappa shape index (κ1) is 20.4. The molecule has 8 nitrogen and oxygen atoms in total. The highest BCUT2D eigenvalue weighted by Gasteiger charge is 2.02. The predicted octanol–water partition coefficient (Wildman–Crippen LogP) is 2.25. The smallest absolute Gasteiger partial charge is 0.223 e. The van der Waals surface area contributed by atoms with Gasteiger partial charge in [-0.25, -0.2) is 4.99 Å². The minimum Gasteiger partial charge on any atom is -0.467 e. The van der Waals surface area contributed by atoms with Crippen LogP contribution >= 0.6 is 24.0 Å². The van der Waals surface area contributed by atoms with Crippen molar-refractivity contribution in [1.82, 2.24) is 20.8 Å². The van der Waals surface area contributed by atoms with Gasteiger partial charge in [-0.05, 0) is 25.5 Å². The van der Waals surface area contributed by atoms with Gasteiger partial charge in [-0.2, -0.15) is 4.98 Å². The molecule has 0 saturated carbocycles. The van der Waals surface area contributed by atoms with E-state index >= 15 is 0 Å². The molecule has 0 radical (unpaired) electrons. The minimum atomic E-state index is 0. The molecule has 0 aliphatic rings. The molecule has 0 bridgehead atoms. The number of nitrogens with zero attached hydrogens (tertiary/aromatic N) is 3. The van der Waals surface area contributed by atoms with Gasteiger partial charge in [0.25, 0.3) is 0 Å². The van der Waals surface area contributed by atoms with Crippen LogP contribution in [0, 0.1) is 6.92 Å². The van der Waals surface area contributed by atoms with Crippen LogP contribution in [0.1, 0.15) is 30.8 Å². The standard InChI is InChI=1S/C15H23N5O3.HI/c1-3-16-15(18-10-14-19-12(2)23-20-14)17-7-5-8-21-11-13-6-4-9-22-13;/h4,6,9H,3,5,7-8,10-11H2,1-2H3,(H2,16,17,18);1H. The lowest BCUT2D eigenvalue weighted by Crippen LogP contribution is -2.38. The number of aryl methyl sites for hydroxylation is 1. The van der Waals surface area contributed by atoms with Gasteiger partial charge in [0, 0.05) is 26.6 Å². The Bertz CT molecular complexity index is 586. The number of hydrogen-bond acceptors (Lipinski definition) is 6. The van der Waals surface area contributed by atoms with Crippen molar-refractivity contribution < 1.29 is 13.7 Å². The number of guanidine groups is 1. The summed E-state index contributed by atoms with van der Waals surface area (Å²) in [5.41, 5.74) is 0. The summed E-state index contributed by atoms with van der Waals surface area (Å²) in [6, 6.07) is 3.75. The van der Waals surface area contributed by atoms with Crippen LogP contribution in [0.15, 0.2) is 32.3 Å². The molecule has 2 aromatic rings. The number of furan rings is 1. The fourth-order valence-corrected chi connectivity index (χ4v) is 1.85. The molecule has 2 heterocycles. The Balaban J connectivity index is 0.00000288. The first-order valence-corrected chi connectivity index (χ1v) is 7.69. The topological polar surface area (TPSA) is 97.7 Å². The summed E-state index contributed by atoms with van der Waals surface area (Å²) >= 11 is 0. The van der Waals surface area contributed by atoms with Gasteiger partial charge < -0.3 is 24.3 Å². The van der Waals surface area contributed by atoms with Crippen LogP contribution in [0.4, 0.5) is 0 Å². The zero-order valence-corrected chi connectivity index (χ0v) is 16.3. The third-order valence-corrected chi connectivity index (χ3v) is 2.87. The van der Waals surface area contributed by atoms with Crippen molar-refractivity contribution in [3.8, 4) is 0 Å². The average Bonchev–Trinajstić information content (AvgIpc) is 3.19. The summed E-state index contributed by atoms with van der Waals surface area (Å²) < 4.78 is 15.6. The van der Waals surface area contributed by atoms with Gasteiger partial charge in [-0.3, -0.25) is 0 Å². The van der Waals surface area contributed by atoms with Gasteiger partial charge in [0.2, 0.25) is 5.89 Å². The van der Waals surface area contributed by atoms with Crippen LogP contribution in [0.25, 0.3) is 0 Å². The number of aliphatic imine (C=N–C) groups is 1. The second kappa shape index (κ2) is 11.8. The molecule has 0 saturated heterocycles. The molecule has 9 heteroatoms. The molecular formula is C15H24IN5O3. The highest BCUT2D eigenvalue weighted by atomic mass is 127. The van der Waals surface area contributed by atoms with Crippen molar-refractivity contribution in [2.75, 3.05) is 19.7 Å². The third kappa shape index (κ3) is 7.77. The van der Waals surface area contributed by atoms with E-state index in [0.717, 1.165) is 31.2 Å². The van der Waals surface area contributed by atoms with Crippen LogP contribution in [0.5, 0.6) is 0 Å². The highest BCUT2D eigenvalue weighted by Crippen LogP contribution is 2.01. The zero-order valence-electron chi connectivity index (χ0n) is 13.9. The van der Waals surface area contributed by atoms with Gasteiger partial charge in [0.05, 0.1) is 6.26 Å². The maximum Gasteiger partial charge on any atom is 0.223 e. The van der Waals surface area contributed by atoms with Gasteiger partial charge in [0.15, 0.2) is 11.8 Å². The number of ether oxygens (including phenoxy) is 1.